The molecule has 1 aliphatic heterocycles. The van der Waals surface area contributed by atoms with Crippen molar-refractivity contribution in [2.75, 3.05) is 6.54 Å². The minimum Gasteiger partial charge on any atom is -0.459 e. The fourth-order valence-corrected chi connectivity index (χ4v) is 3.97. The van der Waals surface area contributed by atoms with E-state index in [0.717, 1.165) is 35.0 Å². The van der Waals surface area contributed by atoms with Crippen LogP contribution in [0.3, 0.4) is 0 Å². The molecule has 2 aromatic rings. The molecule has 30 heavy (non-hydrogen) atoms. The molecule has 3 rings (SSSR count). The summed E-state index contributed by atoms with van der Waals surface area (Å²) in [6, 6.07) is 8.06. The maximum atomic E-state index is 13.4. The first-order valence-electron chi connectivity index (χ1n) is 10.9. The topological polar surface area (TPSA) is 62.4 Å². The molecule has 5 heteroatoms. The van der Waals surface area contributed by atoms with Crippen molar-refractivity contribution in [3.63, 3.8) is 0 Å². The van der Waals surface area contributed by atoms with Crippen LogP contribution in [-0.2, 0) is 19.7 Å². The third-order valence-corrected chi connectivity index (χ3v) is 6.33. The number of H-pyrrole nitrogens is 1. The second kappa shape index (κ2) is 7.93. The number of carbonyl (C=O) groups is 2. The fraction of sp³-hybridized carbons (Fsp3) is 0.520. The number of rotatable bonds is 5. The lowest BCUT2D eigenvalue weighted by Crippen LogP contribution is -2.43. The highest BCUT2D eigenvalue weighted by atomic mass is 16.5. The molecule has 1 aromatic heterocycles. The van der Waals surface area contributed by atoms with Crippen LogP contribution < -0.4 is 0 Å². The number of hydrogen-bond acceptors (Lipinski definition) is 3. The van der Waals surface area contributed by atoms with Gasteiger partial charge in [-0.15, -0.1) is 0 Å². The van der Waals surface area contributed by atoms with E-state index >= 15 is 0 Å². The SMILES string of the molecule is CCC(C)OC(=O)C1=CN(C(=O)C(C)(C)CC)CC(C)(C)c2c1[nH]c1ccccc21. The van der Waals surface area contributed by atoms with E-state index in [1.807, 2.05) is 52.8 Å². The molecule has 1 N–H and O–H groups in total. The molecule has 0 fully saturated rings. The quantitative estimate of drug-likeness (QED) is 0.671. The number of amides is 1. The van der Waals surface area contributed by atoms with E-state index in [9.17, 15) is 9.59 Å². The van der Waals surface area contributed by atoms with Gasteiger partial charge >= 0.3 is 5.97 Å². The standard InChI is InChI=1S/C25H34N2O3/c1-8-16(3)30-22(28)18-14-27(23(29)24(4,5)9-2)15-25(6,7)20-17-12-10-11-13-19(17)26-21(18)20/h10-14,16,26H,8-9,15H2,1-7H3. The molecule has 0 bridgehead atoms. The number of carbonyl (C=O) groups excluding carboxylic acids is 2. The van der Waals surface area contributed by atoms with E-state index < -0.39 is 11.4 Å². The molecule has 2 heterocycles. The number of para-hydroxylation sites is 1. The summed E-state index contributed by atoms with van der Waals surface area (Å²) >= 11 is 0. The van der Waals surface area contributed by atoms with Crippen molar-refractivity contribution >= 4 is 28.4 Å². The summed E-state index contributed by atoms with van der Waals surface area (Å²) in [5.74, 6) is -0.386. The van der Waals surface area contributed by atoms with Crippen LogP contribution in [0.5, 0.6) is 0 Å². The van der Waals surface area contributed by atoms with Gasteiger partial charge in [-0.3, -0.25) is 4.79 Å². The molecule has 0 spiro atoms. The average Bonchev–Trinajstić information content (AvgIpc) is 3.04. The van der Waals surface area contributed by atoms with Gasteiger partial charge in [0.1, 0.15) is 0 Å². The lowest BCUT2D eigenvalue weighted by Gasteiger charge is -2.34. The maximum absolute atomic E-state index is 13.4. The Morgan fingerprint density at radius 3 is 2.53 bits per heavy atom. The van der Waals surface area contributed by atoms with Gasteiger partial charge in [0, 0.05) is 34.5 Å². The number of nitrogens with zero attached hydrogens (tertiary/aromatic N) is 1. The second-order valence-corrected chi connectivity index (χ2v) is 9.64. The van der Waals surface area contributed by atoms with Crippen LogP contribution in [0.1, 0.15) is 72.6 Å². The molecule has 1 amide bonds. The predicted octanol–water partition coefficient (Wildman–Crippen LogP) is 5.41. The van der Waals surface area contributed by atoms with E-state index in [4.69, 9.17) is 4.74 Å². The smallest absolute Gasteiger partial charge is 0.342 e. The first-order chi connectivity index (χ1) is 14.0. The summed E-state index contributed by atoms with van der Waals surface area (Å²) in [5, 5.41) is 1.07. The molecule has 0 radical (unpaired) electrons. The highest BCUT2D eigenvalue weighted by molar-refractivity contribution is 6.18. The number of ether oxygens (including phenoxy) is 1. The molecular formula is C25H34N2O3. The molecule has 1 aliphatic rings. The Kier molecular flexibility index (Phi) is 5.85. The van der Waals surface area contributed by atoms with Gasteiger partial charge in [-0.2, -0.15) is 0 Å². The fourth-order valence-electron chi connectivity index (χ4n) is 3.97. The average molecular weight is 411 g/mol. The van der Waals surface area contributed by atoms with E-state index in [1.54, 1.807) is 11.1 Å². The van der Waals surface area contributed by atoms with Crippen molar-refractivity contribution in [1.29, 1.82) is 0 Å². The van der Waals surface area contributed by atoms with Gasteiger partial charge in [-0.05, 0) is 31.4 Å². The van der Waals surface area contributed by atoms with Crippen LogP contribution in [0.4, 0.5) is 0 Å². The molecule has 0 aliphatic carbocycles. The Bertz CT molecular complexity index is 997. The molecule has 0 saturated heterocycles. The molecule has 5 nitrogen and oxygen atoms in total. The Labute approximate surface area is 179 Å². The van der Waals surface area contributed by atoms with Gasteiger partial charge in [-0.25, -0.2) is 4.79 Å². The number of hydrogen-bond donors (Lipinski definition) is 1. The van der Waals surface area contributed by atoms with Gasteiger partial charge in [-0.1, -0.05) is 59.7 Å². The van der Waals surface area contributed by atoms with Crippen molar-refractivity contribution < 1.29 is 14.3 Å². The Hall–Kier alpha value is -2.56. The van der Waals surface area contributed by atoms with Crippen LogP contribution in [0.2, 0.25) is 0 Å². The number of nitrogens with one attached hydrogen (secondary N) is 1. The molecule has 1 aromatic carbocycles. The normalized spacial score (nSPS) is 17.2. The van der Waals surface area contributed by atoms with Crippen molar-refractivity contribution in [2.24, 2.45) is 5.41 Å². The zero-order valence-electron chi connectivity index (χ0n) is 19.3. The summed E-state index contributed by atoms with van der Waals surface area (Å²) in [5.41, 5.74) is 2.31. The van der Waals surface area contributed by atoms with Gasteiger partial charge in [0.05, 0.1) is 17.4 Å². The van der Waals surface area contributed by atoms with Crippen LogP contribution in [0.25, 0.3) is 16.5 Å². The van der Waals surface area contributed by atoms with Gasteiger partial charge < -0.3 is 14.6 Å². The Morgan fingerprint density at radius 2 is 1.90 bits per heavy atom. The highest BCUT2D eigenvalue weighted by Crippen LogP contribution is 2.41. The summed E-state index contributed by atoms with van der Waals surface area (Å²) in [6.45, 7) is 14.5. The van der Waals surface area contributed by atoms with E-state index in [0.29, 0.717) is 12.1 Å². The third kappa shape index (κ3) is 3.90. The minimum absolute atomic E-state index is 0.0152. The third-order valence-electron chi connectivity index (χ3n) is 6.33. The summed E-state index contributed by atoms with van der Waals surface area (Å²) < 4.78 is 5.69. The number of esters is 1. The highest BCUT2D eigenvalue weighted by Gasteiger charge is 2.40. The summed E-state index contributed by atoms with van der Waals surface area (Å²) in [4.78, 5) is 31.8. The lowest BCUT2D eigenvalue weighted by atomic mass is 9.81. The predicted molar refractivity (Wildman–Crippen MR) is 121 cm³/mol. The van der Waals surface area contributed by atoms with Crippen LogP contribution in [0, 0.1) is 5.41 Å². The number of aromatic amines is 1. The van der Waals surface area contributed by atoms with Crippen molar-refractivity contribution in [3.8, 4) is 0 Å². The first-order valence-corrected chi connectivity index (χ1v) is 10.9. The molecule has 0 saturated carbocycles. The Morgan fingerprint density at radius 1 is 1.23 bits per heavy atom. The maximum Gasteiger partial charge on any atom is 0.342 e. The largest absolute Gasteiger partial charge is 0.459 e. The van der Waals surface area contributed by atoms with E-state index in [-0.39, 0.29) is 17.4 Å². The van der Waals surface area contributed by atoms with Crippen molar-refractivity contribution in [1.82, 2.24) is 9.88 Å². The second-order valence-electron chi connectivity index (χ2n) is 9.64. The van der Waals surface area contributed by atoms with Gasteiger partial charge in [0.15, 0.2) is 0 Å². The van der Waals surface area contributed by atoms with Crippen LogP contribution in [-0.4, -0.2) is 34.4 Å². The number of aromatic nitrogens is 1. The van der Waals surface area contributed by atoms with E-state index in [1.165, 1.54) is 0 Å². The van der Waals surface area contributed by atoms with Crippen molar-refractivity contribution in [3.05, 3.63) is 41.7 Å². The van der Waals surface area contributed by atoms with Gasteiger partial charge in [0.2, 0.25) is 5.91 Å². The Balaban J connectivity index is 2.22. The monoisotopic (exact) mass is 410 g/mol. The number of benzene rings is 1. The molecular weight excluding hydrogens is 376 g/mol. The summed E-state index contributed by atoms with van der Waals surface area (Å²) in [7, 11) is 0. The van der Waals surface area contributed by atoms with Gasteiger partial charge in [0.25, 0.3) is 0 Å². The number of fused-ring (bicyclic) bond motifs is 3. The zero-order valence-corrected chi connectivity index (χ0v) is 19.3. The van der Waals surface area contributed by atoms with Crippen LogP contribution >= 0.6 is 0 Å². The van der Waals surface area contributed by atoms with E-state index in [2.05, 4.69) is 24.9 Å². The first kappa shape index (κ1) is 22.1. The molecule has 1 atom stereocenters. The molecule has 162 valence electrons. The minimum atomic E-state index is -0.515. The van der Waals surface area contributed by atoms with Crippen molar-refractivity contribution in [2.45, 2.75) is 72.8 Å². The molecule has 1 unspecified atom stereocenters. The lowest BCUT2D eigenvalue weighted by molar-refractivity contribution is -0.141. The van der Waals surface area contributed by atoms with Crippen LogP contribution in [0.15, 0.2) is 30.5 Å². The summed E-state index contributed by atoms with van der Waals surface area (Å²) in [6.07, 6.45) is 2.96. The zero-order chi connectivity index (χ0) is 22.3.